The number of ether oxygens (including phenoxy) is 1. The van der Waals surface area contributed by atoms with E-state index in [1.165, 1.54) is 6.42 Å². The predicted octanol–water partition coefficient (Wildman–Crippen LogP) is 2.30. The van der Waals surface area contributed by atoms with E-state index in [0.717, 1.165) is 36.5 Å². The van der Waals surface area contributed by atoms with Gasteiger partial charge in [0.1, 0.15) is 17.9 Å². The minimum absolute atomic E-state index is 0.0532. The van der Waals surface area contributed by atoms with Gasteiger partial charge in [0.25, 0.3) is 5.91 Å². The van der Waals surface area contributed by atoms with E-state index < -0.39 is 0 Å². The Bertz CT molecular complexity index is 781. The SMILES string of the molecule is Cc1cccc(OCC(=O)N2CC(c3nncn3C)C3(CCC3)C2)c1. The average molecular weight is 340 g/mol. The Kier molecular flexibility index (Phi) is 3.98. The maximum atomic E-state index is 12.7. The summed E-state index contributed by atoms with van der Waals surface area (Å²) < 4.78 is 7.69. The number of carbonyl (C=O) groups excluding carboxylic acids is 1. The fourth-order valence-corrected chi connectivity index (χ4v) is 4.20. The Morgan fingerprint density at radius 3 is 2.88 bits per heavy atom. The van der Waals surface area contributed by atoms with Crippen LogP contribution in [0.5, 0.6) is 5.75 Å². The Balaban J connectivity index is 1.44. The fourth-order valence-electron chi connectivity index (χ4n) is 4.20. The molecule has 6 nitrogen and oxygen atoms in total. The number of nitrogens with zero attached hydrogens (tertiary/aromatic N) is 4. The van der Waals surface area contributed by atoms with Crippen molar-refractivity contribution in [2.75, 3.05) is 19.7 Å². The maximum Gasteiger partial charge on any atom is 0.260 e. The molecular formula is C19H24N4O2. The quantitative estimate of drug-likeness (QED) is 0.857. The molecule has 1 spiro atoms. The average Bonchev–Trinajstić information content (AvgIpc) is 3.15. The van der Waals surface area contributed by atoms with E-state index in [1.807, 2.05) is 47.7 Å². The number of benzene rings is 1. The van der Waals surface area contributed by atoms with Crippen LogP contribution in [0.2, 0.25) is 0 Å². The summed E-state index contributed by atoms with van der Waals surface area (Å²) in [5, 5.41) is 8.35. The first kappa shape index (κ1) is 16.1. The summed E-state index contributed by atoms with van der Waals surface area (Å²) in [6.07, 6.45) is 5.29. The van der Waals surface area contributed by atoms with Crippen LogP contribution in [0.15, 0.2) is 30.6 Å². The molecule has 25 heavy (non-hydrogen) atoms. The van der Waals surface area contributed by atoms with Gasteiger partial charge in [-0.3, -0.25) is 4.79 Å². The van der Waals surface area contributed by atoms with Crippen LogP contribution in [-0.2, 0) is 11.8 Å². The maximum absolute atomic E-state index is 12.7. The topological polar surface area (TPSA) is 60.2 Å². The van der Waals surface area contributed by atoms with Gasteiger partial charge >= 0.3 is 0 Å². The fraction of sp³-hybridized carbons (Fsp3) is 0.526. The third-order valence-corrected chi connectivity index (χ3v) is 5.76. The summed E-state index contributed by atoms with van der Waals surface area (Å²) in [5.41, 5.74) is 1.31. The van der Waals surface area contributed by atoms with Gasteiger partial charge in [0.05, 0.1) is 0 Å². The smallest absolute Gasteiger partial charge is 0.260 e. The van der Waals surface area contributed by atoms with Crippen molar-refractivity contribution in [3.8, 4) is 5.75 Å². The van der Waals surface area contributed by atoms with Gasteiger partial charge in [-0.2, -0.15) is 0 Å². The van der Waals surface area contributed by atoms with E-state index >= 15 is 0 Å². The molecule has 1 atom stereocenters. The molecule has 1 unspecified atom stereocenters. The molecule has 1 saturated carbocycles. The van der Waals surface area contributed by atoms with Crippen molar-refractivity contribution >= 4 is 5.91 Å². The largest absolute Gasteiger partial charge is 0.484 e. The first-order valence-electron chi connectivity index (χ1n) is 8.88. The van der Waals surface area contributed by atoms with Crippen LogP contribution in [0, 0.1) is 12.3 Å². The molecule has 4 rings (SSSR count). The van der Waals surface area contributed by atoms with E-state index in [2.05, 4.69) is 10.2 Å². The molecule has 132 valence electrons. The van der Waals surface area contributed by atoms with Crippen LogP contribution < -0.4 is 4.74 Å². The van der Waals surface area contributed by atoms with E-state index in [1.54, 1.807) is 6.33 Å². The van der Waals surface area contributed by atoms with Gasteiger partial charge in [0.15, 0.2) is 6.61 Å². The number of aryl methyl sites for hydroxylation is 2. The molecule has 0 bridgehead atoms. The number of carbonyl (C=O) groups is 1. The highest BCUT2D eigenvalue weighted by Gasteiger charge is 2.53. The van der Waals surface area contributed by atoms with Crippen LogP contribution in [-0.4, -0.2) is 45.3 Å². The van der Waals surface area contributed by atoms with E-state index in [9.17, 15) is 4.79 Å². The first-order chi connectivity index (χ1) is 12.1. The van der Waals surface area contributed by atoms with Gasteiger partial charge < -0.3 is 14.2 Å². The van der Waals surface area contributed by atoms with E-state index in [0.29, 0.717) is 6.54 Å². The predicted molar refractivity (Wildman–Crippen MR) is 93.3 cm³/mol. The zero-order valence-electron chi connectivity index (χ0n) is 14.8. The number of amides is 1. The first-order valence-corrected chi connectivity index (χ1v) is 8.88. The molecule has 2 aliphatic rings. The van der Waals surface area contributed by atoms with Gasteiger partial charge in [0.2, 0.25) is 0 Å². The van der Waals surface area contributed by atoms with Crippen molar-refractivity contribution in [3.05, 3.63) is 42.0 Å². The lowest BCUT2D eigenvalue weighted by molar-refractivity contribution is -0.133. The molecular weight excluding hydrogens is 316 g/mol. The highest BCUT2D eigenvalue weighted by Crippen LogP contribution is 2.55. The molecule has 1 aliphatic carbocycles. The van der Waals surface area contributed by atoms with Crippen molar-refractivity contribution in [2.45, 2.75) is 32.1 Å². The van der Waals surface area contributed by atoms with Crippen molar-refractivity contribution in [2.24, 2.45) is 12.5 Å². The van der Waals surface area contributed by atoms with Crippen molar-refractivity contribution in [1.82, 2.24) is 19.7 Å². The van der Waals surface area contributed by atoms with Gasteiger partial charge in [-0.1, -0.05) is 18.6 Å². The number of hydrogen-bond donors (Lipinski definition) is 0. The third kappa shape index (κ3) is 2.90. The van der Waals surface area contributed by atoms with Crippen LogP contribution >= 0.6 is 0 Å². The minimum Gasteiger partial charge on any atom is -0.484 e. The Morgan fingerprint density at radius 1 is 1.40 bits per heavy atom. The molecule has 6 heteroatoms. The van der Waals surface area contributed by atoms with Crippen LogP contribution in [0.25, 0.3) is 0 Å². The highest BCUT2D eigenvalue weighted by atomic mass is 16.5. The molecule has 2 aromatic rings. The molecule has 1 aromatic heterocycles. The molecule has 2 heterocycles. The molecule has 1 aromatic carbocycles. The summed E-state index contributed by atoms with van der Waals surface area (Å²) in [6.45, 7) is 3.62. The zero-order chi connectivity index (χ0) is 17.4. The van der Waals surface area contributed by atoms with Crippen LogP contribution in [0.1, 0.15) is 36.6 Å². The van der Waals surface area contributed by atoms with Crippen molar-refractivity contribution in [1.29, 1.82) is 0 Å². The standard InChI is InChI=1S/C19H24N4O2/c1-14-5-3-6-15(9-14)25-11-17(24)23-10-16(18-21-20-13-22(18)2)19(12-23)7-4-8-19/h3,5-6,9,13,16H,4,7-8,10-12H2,1-2H3. The second-order valence-corrected chi connectivity index (χ2v) is 7.45. The lowest BCUT2D eigenvalue weighted by Gasteiger charge is -2.42. The van der Waals surface area contributed by atoms with Gasteiger partial charge in [-0.05, 0) is 42.9 Å². The molecule has 1 amide bonds. The summed E-state index contributed by atoms with van der Waals surface area (Å²) in [5.74, 6) is 2.07. The summed E-state index contributed by atoms with van der Waals surface area (Å²) in [7, 11) is 1.98. The molecule has 0 N–H and O–H groups in total. The van der Waals surface area contributed by atoms with E-state index in [4.69, 9.17) is 4.74 Å². The Morgan fingerprint density at radius 2 is 2.24 bits per heavy atom. The summed E-state index contributed by atoms with van der Waals surface area (Å²) >= 11 is 0. The minimum atomic E-state index is 0.0532. The Hall–Kier alpha value is -2.37. The van der Waals surface area contributed by atoms with E-state index in [-0.39, 0.29) is 23.8 Å². The molecule has 2 fully saturated rings. The number of likely N-dealkylation sites (tertiary alicyclic amines) is 1. The number of aromatic nitrogens is 3. The lowest BCUT2D eigenvalue weighted by Crippen LogP contribution is -2.39. The monoisotopic (exact) mass is 340 g/mol. The molecule has 1 saturated heterocycles. The Labute approximate surface area is 147 Å². The zero-order valence-corrected chi connectivity index (χ0v) is 14.8. The number of rotatable bonds is 4. The van der Waals surface area contributed by atoms with Gasteiger partial charge in [-0.25, -0.2) is 0 Å². The van der Waals surface area contributed by atoms with Gasteiger partial charge in [0, 0.05) is 26.1 Å². The van der Waals surface area contributed by atoms with Crippen LogP contribution in [0.4, 0.5) is 0 Å². The second kappa shape index (κ2) is 6.17. The second-order valence-electron chi connectivity index (χ2n) is 7.45. The van der Waals surface area contributed by atoms with Crippen molar-refractivity contribution in [3.63, 3.8) is 0 Å². The molecule has 1 aliphatic heterocycles. The van der Waals surface area contributed by atoms with Crippen LogP contribution in [0.3, 0.4) is 0 Å². The highest BCUT2D eigenvalue weighted by molar-refractivity contribution is 5.78. The number of hydrogen-bond acceptors (Lipinski definition) is 4. The lowest BCUT2D eigenvalue weighted by atomic mass is 9.62. The normalized spacial score (nSPS) is 21.4. The van der Waals surface area contributed by atoms with Gasteiger partial charge in [-0.15, -0.1) is 10.2 Å². The third-order valence-electron chi connectivity index (χ3n) is 5.76. The molecule has 0 radical (unpaired) electrons. The summed E-state index contributed by atoms with van der Waals surface area (Å²) in [4.78, 5) is 14.6. The van der Waals surface area contributed by atoms with Crippen molar-refractivity contribution < 1.29 is 9.53 Å². The summed E-state index contributed by atoms with van der Waals surface area (Å²) in [6, 6.07) is 7.80.